The molecule has 162 valence electrons. The number of amides is 1. The van der Waals surface area contributed by atoms with Gasteiger partial charge in [0.15, 0.2) is 5.96 Å². The summed E-state index contributed by atoms with van der Waals surface area (Å²) in [6.07, 6.45) is 0.757. The lowest BCUT2D eigenvalue weighted by Gasteiger charge is -2.20. The van der Waals surface area contributed by atoms with Gasteiger partial charge in [0.1, 0.15) is 5.75 Å². The molecule has 0 radical (unpaired) electrons. The summed E-state index contributed by atoms with van der Waals surface area (Å²) in [5.74, 6) is 1.63. The Morgan fingerprint density at radius 3 is 2.63 bits per heavy atom. The van der Waals surface area contributed by atoms with Crippen molar-refractivity contribution in [3.05, 3.63) is 64.7 Å². The SMILES string of the molecule is CCNC(=NCCc1cccc(C(=O)N(C)C)c1)NC(C)c1cc(C)ccc1OC. The molecule has 2 aromatic carbocycles. The monoisotopic (exact) mass is 410 g/mol. The largest absolute Gasteiger partial charge is 0.496 e. The van der Waals surface area contributed by atoms with Gasteiger partial charge >= 0.3 is 0 Å². The highest BCUT2D eigenvalue weighted by Gasteiger charge is 2.13. The molecule has 6 nitrogen and oxygen atoms in total. The van der Waals surface area contributed by atoms with Crippen LogP contribution >= 0.6 is 0 Å². The lowest BCUT2D eigenvalue weighted by Crippen LogP contribution is -2.39. The van der Waals surface area contributed by atoms with E-state index in [0.29, 0.717) is 12.1 Å². The lowest BCUT2D eigenvalue weighted by atomic mass is 10.0. The van der Waals surface area contributed by atoms with Crippen LogP contribution in [0.5, 0.6) is 5.75 Å². The number of benzene rings is 2. The molecule has 2 aromatic rings. The zero-order valence-electron chi connectivity index (χ0n) is 19.0. The van der Waals surface area contributed by atoms with Crippen molar-refractivity contribution in [3.8, 4) is 5.75 Å². The molecule has 2 N–H and O–H groups in total. The predicted molar refractivity (Wildman–Crippen MR) is 123 cm³/mol. The molecule has 0 aliphatic heterocycles. The Morgan fingerprint density at radius 2 is 1.97 bits per heavy atom. The van der Waals surface area contributed by atoms with E-state index in [9.17, 15) is 4.79 Å². The van der Waals surface area contributed by atoms with Gasteiger partial charge in [0.05, 0.1) is 13.2 Å². The molecule has 0 aromatic heterocycles. The summed E-state index contributed by atoms with van der Waals surface area (Å²) in [6, 6.07) is 14.0. The van der Waals surface area contributed by atoms with Gasteiger partial charge in [-0.25, -0.2) is 0 Å². The van der Waals surface area contributed by atoms with Gasteiger partial charge < -0.3 is 20.3 Å². The number of guanidine groups is 1. The normalized spacial score (nSPS) is 12.3. The number of hydrogen-bond acceptors (Lipinski definition) is 3. The van der Waals surface area contributed by atoms with Gasteiger partial charge in [0.25, 0.3) is 5.91 Å². The van der Waals surface area contributed by atoms with E-state index in [1.807, 2.05) is 43.3 Å². The van der Waals surface area contributed by atoms with E-state index in [2.05, 4.69) is 30.5 Å². The number of aliphatic imine (C=N–C) groups is 1. The van der Waals surface area contributed by atoms with Crippen molar-refractivity contribution in [1.82, 2.24) is 15.5 Å². The summed E-state index contributed by atoms with van der Waals surface area (Å²) >= 11 is 0. The number of nitrogens with one attached hydrogen (secondary N) is 2. The highest BCUT2D eigenvalue weighted by Crippen LogP contribution is 2.25. The summed E-state index contributed by atoms with van der Waals surface area (Å²) in [7, 11) is 5.21. The van der Waals surface area contributed by atoms with Gasteiger partial charge in [-0.3, -0.25) is 9.79 Å². The van der Waals surface area contributed by atoms with Gasteiger partial charge in [-0.15, -0.1) is 0 Å². The van der Waals surface area contributed by atoms with E-state index < -0.39 is 0 Å². The number of nitrogens with zero attached hydrogens (tertiary/aromatic N) is 2. The molecule has 0 saturated carbocycles. The third-order valence-corrected chi connectivity index (χ3v) is 4.80. The molecule has 2 rings (SSSR count). The van der Waals surface area contributed by atoms with Gasteiger partial charge in [-0.1, -0.05) is 29.8 Å². The number of hydrogen-bond donors (Lipinski definition) is 2. The fourth-order valence-electron chi connectivity index (χ4n) is 3.21. The van der Waals surface area contributed by atoms with E-state index in [0.717, 1.165) is 35.8 Å². The zero-order chi connectivity index (χ0) is 22.1. The first-order valence-corrected chi connectivity index (χ1v) is 10.4. The van der Waals surface area contributed by atoms with Crippen LogP contribution in [-0.4, -0.2) is 51.1 Å². The third-order valence-electron chi connectivity index (χ3n) is 4.80. The van der Waals surface area contributed by atoms with Crippen LogP contribution in [0.2, 0.25) is 0 Å². The molecule has 30 heavy (non-hydrogen) atoms. The third kappa shape index (κ3) is 6.51. The van der Waals surface area contributed by atoms with Gasteiger partial charge in [-0.05, 0) is 51.0 Å². The molecule has 0 fully saturated rings. The maximum Gasteiger partial charge on any atom is 0.253 e. The summed E-state index contributed by atoms with van der Waals surface area (Å²) < 4.78 is 5.52. The Kier molecular flexibility index (Phi) is 8.71. The lowest BCUT2D eigenvalue weighted by molar-refractivity contribution is 0.0827. The Morgan fingerprint density at radius 1 is 1.20 bits per heavy atom. The highest BCUT2D eigenvalue weighted by molar-refractivity contribution is 5.94. The minimum Gasteiger partial charge on any atom is -0.496 e. The van der Waals surface area contributed by atoms with E-state index in [4.69, 9.17) is 9.73 Å². The Balaban J connectivity index is 2.07. The fourth-order valence-corrected chi connectivity index (χ4v) is 3.21. The van der Waals surface area contributed by atoms with Crippen LogP contribution in [0.3, 0.4) is 0 Å². The summed E-state index contributed by atoms with van der Waals surface area (Å²) in [6.45, 7) is 7.61. The Bertz CT molecular complexity index is 877. The molecule has 0 bridgehead atoms. The van der Waals surface area contributed by atoms with Crippen molar-refractivity contribution in [2.24, 2.45) is 4.99 Å². The number of carbonyl (C=O) groups is 1. The Hall–Kier alpha value is -3.02. The molecule has 0 heterocycles. The highest BCUT2D eigenvalue weighted by atomic mass is 16.5. The zero-order valence-corrected chi connectivity index (χ0v) is 19.0. The molecular formula is C24H34N4O2. The minimum atomic E-state index is 0.0104. The second-order valence-electron chi connectivity index (χ2n) is 7.52. The molecule has 1 amide bonds. The standard InChI is InChI=1S/C24H34N4O2/c1-7-25-24(27-18(3)21-15-17(2)11-12-22(21)30-6)26-14-13-19-9-8-10-20(16-19)23(29)28(4)5/h8-12,15-16,18H,7,13-14H2,1-6H3,(H2,25,26,27). The van der Waals surface area contributed by atoms with Crippen LogP contribution in [0.1, 0.15) is 46.9 Å². The van der Waals surface area contributed by atoms with Crippen LogP contribution in [0.4, 0.5) is 0 Å². The molecule has 0 aliphatic rings. The van der Waals surface area contributed by atoms with Crippen LogP contribution in [0.25, 0.3) is 0 Å². The van der Waals surface area contributed by atoms with Gasteiger partial charge in [0, 0.05) is 38.3 Å². The van der Waals surface area contributed by atoms with Crippen molar-refractivity contribution in [3.63, 3.8) is 0 Å². The Labute approximate surface area is 180 Å². The molecule has 0 aliphatic carbocycles. The summed E-state index contributed by atoms with van der Waals surface area (Å²) in [4.78, 5) is 18.5. The van der Waals surface area contributed by atoms with Crippen molar-refractivity contribution < 1.29 is 9.53 Å². The van der Waals surface area contributed by atoms with E-state index in [1.165, 1.54) is 5.56 Å². The first kappa shape index (κ1) is 23.3. The maximum absolute atomic E-state index is 12.2. The number of ether oxygens (including phenoxy) is 1. The second kappa shape index (κ2) is 11.2. The number of aryl methyl sites for hydroxylation is 1. The molecule has 1 atom stereocenters. The predicted octanol–water partition coefficient (Wildman–Crippen LogP) is 3.56. The van der Waals surface area contributed by atoms with E-state index >= 15 is 0 Å². The van der Waals surface area contributed by atoms with Crippen LogP contribution in [0.15, 0.2) is 47.5 Å². The average molecular weight is 411 g/mol. The van der Waals surface area contributed by atoms with Crippen molar-refractivity contribution in [1.29, 1.82) is 0 Å². The first-order chi connectivity index (χ1) is 14.3. The fraction of sp³-hybridized carbons (Fsp3) is 0.417. The first-order valence-electron chi connectivity index (χ1n) is 10.4. The number of methoxy groups -OCH3 is 1. The molecule has 0 saturated heterocycles. The van der Waals surface area contributed by atoms with Crippen molar-refractivity contribution >= 4 is 11.9 Å². The van der Waals surface area contributed by atoms with Crippen molar-refractivity contribution in [2.45, 2.75) is 33.2 Å². The summed E-state index contributed by atoms with van der Waals surface area (Å²) in [5, 5.41) is 6.77. The maximum atomic E-state index is 12.2. The second-order valence-corrected chi connectivity index (χ2v) is 7.52. The molecule has 1 unspecified atom stereocenters. The number of rotatable bonds is 8. The molecular weight excluding hydrogens is 376 g/mol. The minimum absolute atomic E-state index is 0.0104. The van der Waals surface area contributed by atoms with Crippen molar-refractivity contribution in [2.75, 3.05) is 34.3 Å². The van der Waals surface area contributed by atoms with E-state index in [1.54, 1.807) is 26.1 Å². The average Bonchev–Trinajstić information content (AvgIpc) is 2.73. The quantitative estimate of drug-likeness (QED) is 0.516. The summed E-state index contributed by atoms with van der Waals surface area (Å²) in [5.41, 5.74) is 4.08. The van der Waals surface area contributed by atoms with Crippen LogP contribution in [-0.2, 0) is 6.42 Å². The smallest absolute Gasteiger partial charge is 0.253 e. The van der Waals surface area contributed by atoms with E-state index in [-0.39, 0.29) is 11.9 Å². The van der Waals surface area contributed by atoms with Gasteiger partial charge in [-0.2, -0.15) is 0 Å². The molecule has 6 heteroatoms. The topological polar surface area (TPSA) is 66.0 Å². The molecule has 0 spiro atoms. The van der Waals surface area contributed by atoms with Gasteiger partial charge in [0.2, 0.25) is 0 Å². The van der Waals surface area contributed by atoms with Crippen LogP contribution < -0.4 is 15.4 Å². The van der Waals surface area contributed by atoms with Crippen LogP contribution in [0, 0.1) is 6.92 Å². The number of carbonyl (C=O) groups excluding carboxylic acids is 1.